The topological polar surface area (TPSA) is 86.8 Å². The molecular formula is C25H32F3N3O4S. The predicted octanol–water partition coefficient (Wildman–Crippen LogP) is 4.11. The molecule has 0 aliphatic heterocycles. The maximum Gasteiger partial charge on any atom is 0.416 e. The van der Waals surface area contributed by atoms with Gasteiger partial charge in [0.1, 0.15) is 12.6 Å². The number of benzene rings is 2. The van der Waals surface area contributed by atoms with Crippen LogP contribution in [-0.2, 0) is 32.3 Å². The van der Waals surface area contributed by atoms with Crippen LogP contribution in [0.5, 0.6) is 0 Å². The Morgan fingerprint density at radius 3 is 2.33 bits per heavy atom. The summed E-state index contributed by atoms with van der Waals surface area (Å²) < 4.78 is 65.4. The summed E-state index contributed by atoms with van der Waals surface area (Å²) in [5, 5.41) is 2.77. The average molecular weight is 528 g/mol. The molecule has 7 nitrogen and oxygen atoms in total. The number of amides is 2. The second kappa shape index (κ2) is 12.2. The predicted molar refractivity (Wildman–Crippen MR) is 133 cm³/mol. The molecule has 0 aliphatic carbocycles. The van der Waals surface area contributed by atoms with Crippen molar-refractivity contribution in [1.82, 2.24) is 10.2 Å². The molecule has 0 bridgehead atoms. The first-order valence-electron chi connectivity index (χ1n) is 11.5. The van der Waals surface area contributed by atoms with Gasteiger partial charge in [0.15, 0.2) is 0 Å². The van der Waals surface area contributed by atoms with Crippen molar-refractivity contribution in [3.8, 4) is 0 Å². The maximum absolute atomic E-state index is 13.4. The van der Waals surface area contributed by atoms with E-state index < -0.39 is 46.2 Å². The number of hydrogen-bond acceptors (Lipinski definition) is 4. The molecule has 0 saturated carbocycles. The van der Waals surface area contributed by atoms with Crippen LogP contribution in [0.25, 0.3) is 0 Å². The highest BCUT2D eigenvalue weighted by molar-refractivity contribution is 7.92. The van der Waals surface area contributed by atoms with Crippen molar-refractivity contribution in [1.29, 1.82) is 0 Å². The lowest BCUT2D eigenvalue weighted by Gasteiger charge is -2.31. The summed E-state index contributed by atoms with van der Waals surface area (Å²) >= 11 is 0. The zero-order chi connectivity index (χ0) is 27.1. The highest BCUT2D eigenvalue weighted by atomic mass is 32.2. The normalized spacial score (nSPS) is 12.6. The van der Waals surface area contributed by atoms with Crippen molar-refractivity contribution >= 4 is 27.5 Å². The van der Waals surface area contributed by atoms with E-state index in [1.54, 1.807) is 12.1 Å². The van der Waals surface area contributed by atoms with E-state index in [0.717, 1.165) is 42.4 Å². The van der Waals surface area contributed by atoms with E-state index in [0.29, 0.717) is 16.9 Å². The van der Waals surface area contributed by atoms with E-state index >= 15 is 0 Å². The Bertz CT molecular complexity index is 1170. The van der Waals surface area contributed by atoms with Crippen LogP contribution >= 0.6 is 0 Å². The molecule has 2 amide bonds. The van der Waals surface area contributed by atoms with Crippen LogP contribution in [-0.4, -0.2) is 50.5 Å². The van der Waals surface area contributed by atoms with Gasteiger partial charge >= 0.3 is 6.18 Å². The summed E-state index contributed by atoms with van der Waals surface area (Å²) in [5.41, 5.74) is 0.320. The van der Waals surface area contributed by atoms with Gasteiger partial charge < -0.3 is 10.2 Å². The third-order valence-electron chi connectivity index (χ3n) is 5.57. The van der Waals surface area contributed by atoms with E-state index in [-0.39, 0.29) is 12.2 Å². The molecule has 0 radical (unpaired) electrons. The first kappa shape index (κ1) is 29.2. The molecule has 36 heavy (non-hydrogen) atoms. The summed E-state index contributed by atoms with van der Waals surface area (Å²) in [4.78, 5) is 27.4. The van der Waals surface area contributed by atoms with Gasteiger partial charge in [-0.25, -0.2) is 8.42 Å². The quantitative estimate of drug-likeness (QED) is 0.446. The van der Waals surface area contributed by atoms with Gasteiger partial charge in [0.2, 0.25) is 21.8 Å². The van der Waals surface area contributed by atoms with E-state index in [1.807, 2.05) is 26.0 Å². The molecule has 2 aromatic carbocycles. The number of nitrogens with zero attached hydrogens (tertiary/aromatic N) is 2. The Morgan fingerprint density at radius 2 is 1.75 bits per heavy atom. The highest BCUT2D eigenvalue weighted by Crippen LogP contribution is 2.32. The Morgan fingerprint density at radius 1 is 1.08 bits per heavy atom. The summed E-state index contributed by atoms with van der Waals surface area (Å²) in [6.07, 6.45) is -2.26. The second-order valence-electron chi connectivity index (χ2n) is 8.65. The monoisotopic (exact) mass is 527 g/mol. The first-order valence-corrected chi connectivity index (χ1v) is 13.4. The number of aryl methyl sites for hydroxylation is 1. The van der Waals surface area contributed by atoms with E-state index in [9.17, 15) is 31.2 Å². The number of rotatable bonds is 11. The molecular weight excluding hydrogens is 495 g/mol. The molecule has 2 rings (SSSR count). The summed E-state index contributed by atoms with van der Waals surface area (Å²) in [6.45, 7) is 5.05. The highest BCUT2D eigenvalue weighted by Gasteiger charge is 2.33. The zero-order valence-electron chi connectivity index (χ0n) is 20.8. The van der Waals surface area contributed by atoms with Crippen LogP contribution in [0.15, 0.2) is 48.5 Å². The molecule has 1 atom stereocenters. The molecule has 0 spiro atoms. The molecule has 0 aromatic heterocycles. The minimum absolute atomic E-state index is 0.0169. The number of sulfonamides is 1. The number of unbranched alkanes of at least 4 members (excludes halogenated alkanes) is 1. The van der Waals surface area contributed by atoms with Crippen molar-refractivity contribution in [2.24, 2.45) is 0 Å². The van der Waals surface area contributed by atoms with Gasteiger partial charge in [-0.2, -0.15) is 13.2 Å². The lowest BCUT2D eigenvalue weighted by atomic mass is 10.1. The SMILES string of the molecule is CCCCNC(=O)C(C)N(Cc1cccc(C)c1)C(=O)CN(c1cccc(C(F)(F)F)c1)S(C)(=O)=O. The second-order valence-corrected chi connectivity index (χ2v) is 10.6. The molecule has 0 saturated heterocycles. The van der Waals surface area contributed by atoms with Gasteiger partial charge in [-0.15, -0.1) is 0 Å². The number of halogens is 3. The van der Waals surface area contributed by atoms with Crippen molar-refractivity contribution in [3.05, 3.63) is 65.2 Å². The van der Waals surface area contributed by atoms with Crippen LogP contribution in [0.2, 0.25) is 0 Å². The average Bonchev–Trinajstić information content (AvgIpc) is 2.79. The number of carbonyl (C=O) groups excluding carboxylic acids is 2. The van der Waals surface area contributed by atoms with Crippen LogP contribution < -0.4 is 9.62 Å². The smallest absolute Gasteiger partial charge is 0.354 e. The molecule has 1 N–H and O–H groups in total. The number of alkyl halides is 3. The molecule has 2 aromatic rings. The van der Waals surface area contributed by atoms with Crippen LogP contribution in [0.1, 0.15) is 43.4 Å². The van der Waals surface area contributed by atoms with E-state index in [1.165, 1.54) is 17.9 Å². The number of nitrogens with one attached hydrogen (secondary N) is 1. The molecule has 198 valence electrons. The molecule has 0 aliphatic rings. The van der Waals surface area contributed by atoms with Crippen molar-refractivity contribution < 1.29 is 31.2 Å². The fourth-order valence-corrected chi connectivity index (χ4v) is 4.42. The maximum atomic E-state index is 13.4. The first-order chi connectivity index (χ1) is 16.7. The Kier molecular flexibility index (Phi) is 9.92. The van der Waals surface area contributed by atoms with Crippen molar-refractivity contribution in [3.63, 3.8) is 0 Å². The minimum Gasteiger partial charge on any atom is -0.354 e. The Labute approximate surface area is 210 Å². The third kappa shape index (κ3) is 8.25. The number of carbonyl (C=O) groups is 2. The summed E-state index contributed by atoms with van der Waals surface area (Å²) in [6, 6.07) is 10.1. The lowest BCUT2D eigenvalue weighted by molar-refractivity contribution is -0.139. The molecule has 11 heteroatoms. The molecule has 0 fully saturated rings. The van der Waals surface area contributed by atoms with Gasteiger partial charge in [-0.3, -0.25) is 13.9 Å². The van der Waals surface area contributed by atoms with E-state index in [4.69, 9.17) is 0 Å². The van der Waals surface area contributed by atoms with Crippen molar-refractivity contribution in [2.45, 2.75) is 52.4 Å². The largest absolute Gasteiger partial charge is 0.416 e. The third-order valence-corrected chi connectivity index (χ3v) is 6.71. The number of anilines is 1. The van der Waals surface area contributed by atoms with Crippen LogP contribution in [0.3, 0.4) is 0 Å². The Hall–Kier alpha value is -3.08. The van der Waals surface area contributed by atoms with Gasteiger partial charge in [0.25, 0.3) is 0 Å². The van der Waals surface area contributed by atoms with Gasteiger partial charge in [-0.05, 0) is 44.0 Å². The minimum atomic E-state index is -4.69. The fraction of sp³-hybridized carbons (Fsp3) is 0.440. The van der Waals surface area contributed by atoms with Crippen LogP contribution in [0.4, 0.5) is 18.9 Å². The molecule has 0 heterocycles. The van der Waals surface area contributed by atoms with Crippen LogP contribution in [0, 0.1) is 6.92 Å². The zero-order valence-corrected chi connectivity index (χ0v) is 21.6. The lowest BCUT2D eigenvalue weighted by Crippen LogP contribution is -2.51. The standard InChI is InChI=1S/C25H32F3N3O4S/c1-5-6-13-29-24(33)19(3)30(16-20-10-7-9-18(2)14-20)23(32)17-31(36(4,34)35)22-12-8-11-21(15-22)25(26,27)28/h7-12,14-15,19H,5-6,13,16-17H2,1-4H3,(H,29,33). The fourth-order valence-electron chi connectivity index (χ4n) is 3.58. The van der Waals surface area contributed by atoms with Gasteiger partial charge in [-0.1, -0.05) is 49.2 Å². The summed E-state index contributed by atoms with van der Waals surface area (Å²) in [5.74, 6) is -1.13. The summed E-state index contributed by atoms with van der Waals surface area (Å²) in [7, 11) is -4.13. The number of hydrogen-bond donors (Lipinski definition) is 1. The van der Waals surface area contributed by atoms with Gasteiger partial charge in [0.05, 0.1) is 17.5 Å². The molecule has 1 unspecified atom stereocenters. The van der Waals surface area contributed by atoms with E-state index in [2.05, 4.69) is 5.32 Å². The van der Waals surface area contributed by atoms with Crippen molar-refractivity contribution in [2.75, 3.05) is 23.7 Å². The van der Waals surface area contributed by atoms with Gasteiger partial charge in [0, 0.05) is 13.1 Å². The Balaban J connectivity index is 2.41.